The summed E-state index contributed by atoms with van der Waals surface area (Å²) in [4.78, 5) is 28.0. The average molecular weight is 453 g/mol. The molecule has 0 spiro atoms. The predicted molar refractivity (Wildman–Crippen MR) is 126 cm³/mol. The van der Waals surface area contributed by atoms with Gasteiger partial charge < -0.3 is 19.7 Å². The monoisotopic (exact) mass is 452 g/mol. The number of fused-ring (bicyclic) bond motifs is 1. The molecule has 4 rings (SSSR count). The van der Waals surface area contributed by atoms with E-state index in [-0.39, 0.29) is 17.7 Å². The van der Waals surface area contributed by atoms with E-state index in [9.17, 15) is 9.59 Å². The number of rotatable bonds is 5. The van der Waals surface area contributed by atoms with Crippen LogP contribution in [-0.2, 0) is 4.79 Å². The van der Waals surface area contributed by atoms with Crippen LogP contribution in [0.3, 0.4) is 0 Å². The maximum Gasteiger partial charge on any atom is 0.254 e. The summed E-state index contributed by atoms with van der Waals surface area (Å²) in [5, 5.41) is 5.08. The highest BCUT2D eigenvalue weighted by atomic mass is 35.5. The van der Waals surface area contributed by atoms with Gasteiger partial charge in [-0.3, -0.25) is 9.59 Å². The first-order valence-corrected chi connectivity index (χ1v) is 10.9. The molecule has 1 aliphatic heterocycles. The second-order valence-electron chi connectivity index (χ2n) is 7.79. The molecule has 0 unspecified atom stereocenters. The molecule has 0 aliphatic carbocycles. The fourth-order valence-electron chi connectivity index (χ4n) is 4.17. The van der Waals surface area contributed by atoms with Crippen molar-refractivity contribution in [2.24, 2.45) is 5.92 Å². The van der Waals surface area contributed by atoms with E-state index in [1.807, 2.05) is 30.3 Å². The molecule has 7 heteroatoms. The Morgan fingerprint density at radius 1 is 1.00 bits per heavy atom. The standard InChI is InChI=1S/C25H25ClN2O4/c1-31-22-12-10-20(18-7-3-4-8-19(18)22)25(30)28-13-5-6-16(15-28)24(29)27-17-9-11-23(32-2)21(26)14-17/h3-4,7-12,14,16H,5-6,13,15H2,1-2H3,(H,27,29)/t16-/m1/s1. The van der Waals surface area contributed by atoms with Crippen molar-refractivity contribution in [3.63, 3.8) is 0 Å². The van der Waals surface area contributed by atoms with Crippen molar-refractivity contribution >= 4 is 39.9 Å². The minimum absolute atomic E-state index is 0.0751. The van der Waals surface area contributed by atoms with Gasteiger partial charge in [0.15, 0.2) is 0 Å². The minimum Gasteiger partial charge on any atom is -0.496 e. The first kappa shape index (κ1) is 22.0. The number of carbonyl (C=O) groups excluding carboxylic acids is 2. The largest absolute Gasteiger partial charge is 0.496 e. The van der Waals surface area contributed by atoms with E-state index in [0.29, 0.717) is 35.1 Å². The van der Waals surface area contributed by atoms with Gasteiger partial charge in [-0.25, -0.2) is 0 Å². The third-order valence-electron chi connectivity index (χ3n) is 5.83. The highest BCUT2D eigenvalue weighted by Gasteiger charge is 2.30. The fourth-order valence-corrected chi connectivity index (χ4v) is 4.43. The lowest BCUT2D eigenvalue weighted by Crippen LogP contribution is -2.43. The van der Waals surface area contributed by atoms with Crippen molar-refractivity contribution in [3.05, 3.63) is 65.2 Å². The van der Waals surface area contributed by atoms with Crippen LogP contribution in [0.2, 0.25) is 5.02 Å². The van der Waals surface area contributed by atoms with E-state index in [1.54, 1.807) is 43.4 Å². The van der Waals surface area contributed by atoms with Crippen LogP contribution in [-0.4, -0.2) is 44.0 Å². The summed E-state index contributed by atoms with van der Waals surface area (Å²) in [5.41, 5.74) is 1.22. The number of halogens is 1. The summed E-state index contributed by atoms with van der Waals surface area (Å²) in [6.45, 7) is 0.992. The zero-order chi connectivity index (χ0) is 22.7. The molecular weight excluding hydrogens is 428 g/mol. The number of benzene rings is 3. The van der Waals surface area contributed by atoms with E-state index in [2.05, 4.69) is 5.32 Å². The van der Waals surface area contributed by atoms with Crippen LogP contribution in [0.5, 0.6) is 11.5 Å². The third-order valence-corrected chi connectivity index (χ3v) is 6.13. The first-order valence-electron chi connectivity index (χ1n) is 10.5. The van der Waals surface area contributed by atoms with E-state index < -0.39 is 0 Å². The molecule has 1 aliphatic rings. The molecule has 0 aromatic heterocycles. The highest BCUT2D eigenvalue weighted by Crippen LogP contribution is 2.31. The summed E-state index contributed by atoms with van der Waals surface area (Å²) in [5.74, 6) is 0.785. The molecular formula is C25H25ClN2O4. The average Bonchev–Trinajstić information content (AvgIpc) is 2.83. The Labute approximate surface area is 192 Å². The second kappa shape index (κ2) is 9.49. The Bertz CT molecular complexity index is 1160. The second-order valence-corrected chi connectivity index (χ2v) is 8.20. The van der Waals surface area contributed by atoms with Crippen LogP contribution in [0, 0.1) is 5.92 Å². The van der Waals surface area contributed by atoms with Gasteiger partial charge in [-0.05, 0) is 48.6 Å². The van der Waals surface area contributed by atoms with E-state index in [1.165, 1.54) is 0 Å². The molecule has 3 aromatic carbocycles. The van der Waals surface area contributed by atoms with Gasteiger partial charge in [0.25, 0.3) is 5.91 Å². The number of nitrogens with one attached hydrogen (secondary N) is 1. The highest BCUT2D eigenvalue weighted by molar-refractivity contribution is 6.32. The minimum atomic E-state index is -0.293. The normalized spacial score (nSPS) is 16.0. The number of anilines is 1. The van der Waals surface area contributed by atoms with Gasteiger partial charge in [-0.1, -0.05) is 35.9 Å². The molecule has 166 valence electrons. The predicted octanol–water partition coefficient (Wildman–Crippen LogP) is 5.00. The van der Waals surface area contributed by atoms with Crippen molar-refractivity contribution in [1.82, 2.24) is 4.90 Å². The maximum absolute atomic E-state index is 13.4. The van der Waals surface area contributed by atoms with Gasteiger partial charge in [0, 0.05) is 29.7 Å². The zero-order valence-electron chi connectivity index (χ0n) is 18.1. The Hall–Kier alpha value is -3.25. The molecule has 0 bridgehead atoms. The fraction of sp³-hybridized carbons (Fsp3) is 0.280. The Kier molecular flexibility index (Phi) is 6.51. The lowest BCUT2D eigenvalue weighted by molar-refractivity contribution is -0.121. The Morgan fingerprint density at radius 2 is 1.72 bits per heavy atom. The number of hydrogen-bond donors (Lipinski definition) is 1. The Balaban J connectivity index is 1.50. The smallest absolute Gasteiger partial charge is 0.254 e. The molecule has 32 heavy (non-hydrogen) atoms. The molecule has 1 atom stereocenters. The molecule has 6 nitrogen and oxygen atoms in total. The number of methoxy groups -OCH3 is 2. The van der Waals surface area contributed by atoms with Crippen molar-refractivity contribution in [1.29, 1.82) is 0 Å². The van der Waals surface area contributed by atoms with Crippen LogP contribution < -0.4 is 14.8 Å². The molecule has 3 aromatic rings. The number of nitrogens with zero attached hydrogens (tertiary/aromatic N) is 1. The van der Waals surface area contributed by atoms with Crippen molar-refractivity contribution in [2.75, 3.05) is 32.6 Å². The molecule has 1 saturated heterocycles. The third kappa shape index (κ3) is 4.36. The van der Waals surface area contributed by atoms with E-state index in [0.717, 1.165) is 29.4 Å². The number of carbonyl (C=O) groups is 2. The SMILES string of the molecule is COc1ccc(NC(=O)[C@@H]2CCCN(C(=O)c3ccc(OC)c4ccccc34)C2)cc1Cl. The van der Waals surface area contributed by atoms with Gasteiger partial charge in [0.05, 0.1) is 25.2 Å². The van der Waals surface area contributed by atoms with E-state index in [4.69, 9.17) is 21.1 Å². The summed E-state index contributed by atoms with van der Waals surface area (Å²) in [7, 11) is 3.16. The lowest BCUT2D eigenvalue weighted by Gasteiger charge is -2.32. The van der Waals surface area contributed by atoms with Crippen LogP contribution in [0.15, 0.2) is 54.6 Å². The lowest BCUT2D eigenvalue weighted by atomic mass is 9.95. The summed E-state index contributed by atoms with van der Waals surface area (Å²) in [6, 6.07) is 16.4. The van der Waals surface area contributed by atoms with Crippen LogP contribution in [0.4, 0.5) is 5.69 Å². The van der Waals surface area contributed by atoms with Crippen molar-refractivity contribution < 1.29 is 19.1 Å². The van der Waals surface area contributed by atoms with Gasteiger partial charge in [-0.15, -0.1) is 0 Å². The molecule has 1 fully saturated rings. The summed E-state index contributed by atoms with van der Waals surface area (Å²) >= 11 is 6.16. The molecule has 1 N–H and O–H groups in total. The number of piperidine rings is 1. The number of ether oxygens (including phenoxy) is 2. The van der Waals surface area contributed by atoms with Crippen LogP contribution in [0.25, 0.3) is 10.8 Å². The van der Waals surface area contributed by atoms with Gasteiger partial charge >= 0.3 is 0 Å². The summed E-state index contributed by atoms with van der Waals surface area (Å²) in [6.07, 6.45) is 1.49. The molecule has 0 radical (unpaired) electrons. The Morgan fingerprint density at radius 3 is 2.44 bits per heavy atom. The first-order chi connectivity index (χ1) is 15.5. The van der Waals surface area contributed by atoms with E-state index >= 15 is 0 Å². The van der Waals surface area contributed by atoms with Gasteiger partial charge in [-0.2, -0.15) is 0 Å². The van der Waals surface area contributed by atoms with Gasteiger partial charge in [0.2, 0.25) is 5.91 Å². The zero-order valence-corrected chi connectivity index (χ0v) is 18.8. The molecule has 1 heterocycles. The summed E-state index contributed by atoms with van der Waals surface area (Å²) < 4.78 is 10.6. The van der Waals surface area contributed by atoms with Crippen LogP contribution in [0.1, 0.15) is 23.2 Å². The van der Waals surface area contributed by atoms with Crippen LogP contribution >= 0.6 is 11.6 Å². The van der Waals surface area contributed by atoms with Gasteiger partial charge in [0.1, 0.15) is 11.5 Å². The quantitative estimate of drug-likeness (QED) is 0.591. The molecule has 0 saturated carbocycles. The number of hydrogen-bond acceptors (Lipinski definition) is 4. The van der Waals surface area contributed by atoms with Crippen molar-refractivity contribution in [2.45, 2.75) is 12.8 Å². The number of likely N-dealkylation sites (tertiary alicyclic amines) is 1. The maximum atomic E-state index is 13.4. The van der Waals surface area contributed by atoms with Crippen molar-refractivity contribution in [3.8, 4) is 11.5 Å². The number of amides is 2. The molecule has 2 amide bonds. The topological polar surface area (TPSA) is 67.9 Å².